The summed E-state index contributed by atoms with van der Waals surface area (Å²) in [6.07, 6.45) is 2.64. The predicted molar refractivity (Wildman–Crippen MR) is 170 cm³/mol. The summed E-state index contributed by atoms with van der Waals surface area (Å²) in [6.45, 7) is 6.09. The zero-order valence-electron chi connectivity index (χ0n) is 24.5. The highest BCUT2D eigenvalue weighted by atomic mass is 32.1. The molecule has 3 aromatic rings. The van der Waals surface area contributed by atoms with Crippen LogP contribution in [0.25, 0.3) is 11.1 Å². The molecule has 2 amide bonds. The summed E-state index contributed by atoms with van der Waals surface area (Å²) in [4.78, 5) is 43.4. The number of piperidine rings is 2. The Morgan fingerprint density at radius 3 is 2.30 bits per heavy atom. The first-order chi connectivity index (χ1) is 20.9. The van der Waals surface area contributed by atoms with Crippen molar-refractivity contribution in [1.29, 1.82) is 0 Å². The maximum Gasteiger partial charge on any atom is 0.411 e. The van der Waals surface area contributed by atoms with Crippen LogP contribution in [-0.4, -0.2) is 79.5 Å². The van der Waals surface area contributed by atoms with Gasteiger partial charge in [0.15, 0.2) is 5.78 Å². The molecule has 3 heterocycles. The van der Waals surface area contributed by atoms with Crippen LogP contribution in [0.5, 0.6) is 0 Å². The van der Waals surface area contributed by atoms with Gasteiger partial charge in [0.2, 0.25) is 5.91 Å². The van der Waals surface area contributed by atoms with Crippen LogP contribution in [0, 0.1) is 5.92 Å². The van der Waals surface area contributed by atoms with Gasteiger partial charge in [0, 0.05) is 49.1 Å². The van der Waals surface area contributed by atoms with Gasteiger partial charge in [-0.1, -0.05) is 48.5 Å². The molecule has 228 valence electrons. The van der Waals surface area contributed by atoms with E-state index in [1.807, 2.05) is 66.7 Å². The number of thiophene rings is 1. The lowest BCUT2D eigenvalue weighted by Gasteiger charge is -2.31. The Morgan fingerprint density at radius 1 is 0.860 bits per heavy atom. The molecule has 2 aromatic carbocycles. The van der Waals surface area contributed by atoms with E-state index >= 15 is 0 Å². The van der Waals surface area contributed by atoms with E-state index < -0.39 is 6.09 Å². The first-order valence-corrected chi connectivity index (χ1v) is 15.9. The Kier molecular flexibility index (Phi) is 10.9. The minimum absolute atomic E-state index is 0.0110. The smallest absolute Gasteiger partial charge is 0.411 e. The molecule has 0 radical (unpaired) electrons. The van der Waals surface area contributed by atoms with Crippen LogP contribution in [0.15, 0.2) is 66.7 Å². The molecule has 43 heavy (non-hydrogen) atoms. The largest absolute Gasteiger partial charge is 0.446 e. The summed E-state index contributed by atoms with van der Waals surface area (Å²) in [7, 11) is 0. The second-order valence-corrected chi connectivity index (χ2v) is 12.5. The molecule has 2 fully saturated rings. The second kappa shape index (κ2) is 15.2. The molecule has 2 saturated heterocycles. The Morgan fingerprint density at radius 2 is 1.56 bits per heavy atom. The van der Waals surface area contributed by atoms with Gasteiger partial charge in [0.05, 0.1) is 17.1 Å². The number of carbonyl (C=O) groups is 3. The van der Waals surface area contributed by atoms with Gasteiger partial charge in [0.25, 0.3) is 0 Å². The van der Waals surface area contributed by atoms with Crippen LogP contribution in [0.1, 0.15) is 40.2 Å². The Labute approximate surface area is 257 Å². The predicted octanol–water partition coefficient (Wildman–Crippen LogP) is 4.60. The van der Waals surface area contributed by atoms with E-state index in [0.717, 1.165) is 93.2 Å². The van der Waals surface area contributed by atoms with Crippen LogP contribution >= 0.6 is 11.3 Å². The van der Waals surface area contributed by atoms with Crippen molar-refractivity contribution < 1.29 is 19.1 Å². The van der Waals surface area contributed by atoms with Crippen molar-refractivity contribution in [2.24, 2.45) is 11.7 Å². The SMILES string of the molecule is NC(=O)C1CCN(Cc2ccc(C(=O)CNCCN3CCC(OC(=O)Nc4ccccc4-c4ccccc4)CC3)s2)CC1. The number of ether oxygens (including phenoxy) is 1. The fourth-order valence-electron chi connectivity index (χ4n) is 5.74. The van der Waals surface area contributed by atoms with E-state index in [-0.39, 0.29) is 23.7 Å². The number of likely N-dealkylation sites (tertiary alicyclic amines) is 2. The number of nitrogens with one attached hydrogen (secondary N) is 2. The molecule has 0 aliphatic carbocycles. The highest BCUT2D eigenvalue weighted by Crippen LogP contribution is 2.28. The summed E-state index contributed by atoms with van der Waals surface area (Å²) >= 11 is 1.55. The van der Waals surface area contributed by atoms with E-state index in [0.29, 0.717) is 6.54 Å². The van der Waals surface area contributed by atoms with E-state index in [9.17, 15) is 14.4 Å². The van der Waals surface area contributed by atoms with Crippen molar-refractivity contribution in [1.82, 2.24) is 15.1 Å². The summed E-state index contributed by atoms with van der Waals surface area (Å²) < 4.78 is 5.75. The lowest BCUT2D eigenvalue weighted by molar-refractivity contribution is -0.123. The molecule has 4 N–H and O–H groups in total. The zero-order chi connectivity index (χ0) is 30.0. The van der Waals surface area contributed by atoms with E-state index in [2.05, 4.69) is 20.4 Å². The normalized spacial score (nSPS) is 17.0. The van der Waals surface area contributed by atoms with Crippen molar-refractivity contribution in [2.75, 3.05) is 51.1 Å². The maximum absolute atomic E-state index is 12.7. The Hall–Kier alpha value is -3.57. The number of nitrogens with zero attached hydrogens (tertiary/aromatic N) is 2. The Bertz CT molecular complexity index is 1360. The lowest BCUT2D eigenvalue weighted by Crippen LogP contribution is -2.41. The van der Waals surface area contributed by atoms with Crippen molar-refractivity contribution in [2.45, 2.75) is 38.3 Å². The number of para-hydroxylation sites is 1. The van der Waals surface area contributed by atoms with Gasteiger partial charge < -0.3 is 20.7 Å². The summed E-state index contributed by atoms with van der Waals surface area (Å²) in [5.74, 6) is -0.102. The van der Waals surface area contributed by atoms with Gasteiger partial charge in [-0.3, -0.25) is 19.8 Å². The topological polar surface area (TPSA) is 117 Å². The van der Waals surface area contributed by atoms with Gasteiger partial charge in [-0.05, 0) is 62.5 Å². The molecule has 2 aliphatic heterocycles. The van der Waals surface area contributed by atoms with Gasteiger partial charge in [-0.15, -0.1) is 11.3 Å². The highest BCUT2D eigenvalue weighted by molar-refractivity contribution is 7.14. The molecule has 9 nitrogen and oxygen atoms in total. The quantitative estimate of drug-likeness (QED) is 0.205. The van der Waals surface area contributed by atoms with Gasteiger partial charge in [-0.25, -0.2) is 4.79 Å². The second-order valence-electron chi connectivity index (χ2n) is 11.3. The molecule has 1 aromatic heterocycles. The van der Waals surface area contributed by atoms with Crippen molar-refractivity contribution in [3.8, 4) is 11.1 Å². The number of hydrogen-bond donors (Lipinski definition) is 3. The van der Waals surface area contributed by atoms with Crippen molar-refractivity contribution >= 4 is 34.8 Å². The molecule has 5 rings (SSSR count). The Balaban J connectivity index is 0.964. The van der Waals surface area contributed by atoms with Crippen LogP contribution < -0.4 is 16.4 Å². The lowest BCUT2D eigenvalue weighted by atomic mass is 9.96. The fourth-order valence-corrected chi connectivity index (χ4v) is 6.73. The monoisotopic (exact) mass is 603 g/mol. The van der Waals surface area contributed by atoms with E-state index in [1.54, 1.807) is 11.3 Å². The first kappa shape index (κ1) is 30.9. The number of rotatable bonds is 12. The molecule has 0 unspecified atom stereocenters. The van der Waals surface area contributed by atoms with Crippen LogP contribution in [0.3, 0.4) is 0 Å². The first-order valence-electron chi connectivity index (χ1n) is 15.1. The molecular weight excluding hydrogens is 562 g/mol. The zero-order valence-corrected chi connectivity index (χ0v) is 25.3. The number of carbonyl (C=O) groups excluding carboxylic acids is 3. The van der Waals surface area contributed by atoms with Gasteiger partial charge in [0.1, 0.15) is 6.10 Å². The highest BCUT2D eigenvalue weighted by Gasteiger charge is 2.24. The number of nitrogens with two attached hydrogens (primary N) is 1. The maximum atomic E-state index is 12.7. The average molecular weight is 604 g/mol. The van der Waals surface area contributed by atoms with Gasteiger partial charge >= 0.3 is 6.09 Å². The minimum atomic E-state index is -0.425. The summed E-state index contributed by atoms with van der Waals surface area (Å²) in [5, 5.41) is 6.22. The van der Waals surface area contributed by atoms with Gasteiger partial charge in [-0.2, -0.15) is 0 Å². The summed E-state index contributed by atoms with van der Waals surface area (Å²) in [6, 6.07) is 21.7. The number of amides is 2. The van der Waals surface area contributed by atoms with Crippen LogP contribution in [-0.2, 0) is 16.1 Å². The molecule has 10 heteroatoms. The van der Waals surface area contributed by atoms with Crippen LogP contribution in [0.2, 0.25) is 0 Å². The number of Topliss-reactive ketones (excluding diaryl/α,β-unsaturated/α-hetero) is 1. The number of hydrogen-bond acceptors (Lipinski definition) is 8. The number of benzene rings is 2. The third-order valence-corrected chi connectivity index (χ3v) is 9.36. The number of anilines is 1. The third-order valence-electron chi connectivity index (χ3n) is 8.25. The minimum Gasteiger partial charge on any atom is -0.446 e. The average Bonchev–Trinajstić information content (AvgIpc) is 3.49. The number of primary amides is 1. The van der Waals surface area contributed by atoms with Crippen LogP contribution in [0.4, 0.5) is 10.5 Å². The molecule has 0 saturated carbocycles. The third kappa shape index (κ3) is 8.96. The van der Waals surface area contributed by atoms with E-state index in [1.165, 1.54) is 4.88 Å². The van der Waals surface area contributed by atoms with E-state index in [4.69, 9.17) is 10.5 Å². The number of ketones is 1. The summed E-state index contributed by atoms with van der Waals surface area (Å²) in [5.41, 5.74) is 8.17. The fraction of sp³-hybridized carbons (Fsp3) is 0.424. The molecular formula is C33H41N5O4S. The molecule has 2 aliphatic rings. The standard InChI is InChI=1S/C33H41N5O4S/c34-32(40)25-12-17-38(18-13-25)23-27-10-11-31(43-27)30(39)22-35-16-21-37-19-14-26(15-20-37)42-33(41)36-29-9-5-4-8-28(29)24-6-2-1-3-7-24/h1-11,25-26,35H,12-23H2,(H2,34,40)(H,36,41). The molecule has 0 bridgehead atoms. The molecule has 0 spiro atoms. The van der Waals surface area contributed by atoms with Crippen molar-refractivity contribution in [3.05, 3.63) is 76.5 Å². The molecule has 0 atom stereocenters. The van der Waals surface area contributed by atoms with Crippen molar-refractivity contribution in [3.63, 3.8) is 0 Å².